The standard InChI is InChI=1S/C15H20ClN3O/c16-12-5-3-6-13(17)14(12)15(20)19-9-8-18-7-2-1-4-11(18)10-19/h3,5-6,11H,1-2,4,7-10,17H2. The second-order valence-electron chi connectivity index (χ2n) is 5.64. The number of hydrogen-bond donors (Lipinski definition) is 1. The molecule has 1 aromatic carbocycles. The van der Waals surface area contributed by atoms with E-state index in [2.05, 4.69) is 4.90 Å². The molecule has 0 spiro atoms. The molecule has 0 bridgehead atoms. The van der Waals surface area contributed by atoms with E-state index < -0.39 is 0 Å². The minimum absolute atomic E-state index is 0.0293. The largest absolute Gasteiger partial charge is 0.398 e. The Labute approximate surface area is 124 Å². The van der Waals surface area contributed by atoms with E-state index in [-0.39, 0.29) is 5.91 Å². The Bertz CT molecular complexity index is 500. The Hall–Kier alpha value is -1.26. The number of nitrogen functional groups attached to an aromatic ring is 1. The zero-order valence-electron chi connectivity index (χ0n) is 11.5. The van der Waals surface area contributed by atoms with Gasteiger partial charge in [-0.05, 0) is 31.5 Å². The molecule has 2 saturated heterocycles. The molecule has 5 heteroatoms. The molecule has 0 radical (unpaired) electrons. The van der Waals surface area contributed by atoms with Gasteiger partial charge in [0, 0.05) is 31.4 Å². The van der Waals surface area contributed by atoms with Crippen LogP contribution in [-0.2, 0) is 0 Å². The molecule has 2 heterocycles. The number of nitrogens with two attached hydrogens (primary N) is 1. The second kappa shape index (κ2) is 5.62. The summed E-state index contributed by atoms with van der Waals surface area (Å²) in [6, 6.07) is 5.73. The molecule has 108 valence electrons. The number of piperidine rings is 1. The fraction of sp³-hybridized carbons (Fsp3) is 0.533. The molecule has 4 nitrogen and oxygen atoms in total. The molecule has 20 heavy (non-hydrogen) atoms. The van der Waals surface area contributed by atoms with Crippen molar-refractivity contribution in [1.82, 2.24) is 9.80 Å². The zero-order valence-corrected chi connectivity index (χ0v) is 12.3. The van der Waals surface area contributed by atoms with Gasteiger partial charge in [-0.2, -0.15) is 0 Å². The Balaban J connectivity index is 1.78. The SMILES string of the molecule is Nc1cccc(Cl)c1C(=O)N1CCN2CCCCC2C1. The summed E-state index contributed by atoms with van der Waals surface area (Å²) in [5, 5.41) is 0.445. The van der Waals surface area contributed by atoms with E-state index in [1.807, 2.05) is 4.90 Å². The van der Waals surface area contributed by atoms with E-state index in [1.54, 1.807) is 18.2 Å². The van der Waals surface area contributed by atoms with Crippen molar-refractivity contribution in [2.75, 3.05) is 31.9 Å². The highest BCUT2D eigenvalue weighted by Gasteiger charge is 2.32. The first-order chi connectivity index (χ1) is 9.66. The summed E-state index contributed by atoms with van der Waals surface area (Å²) in [6.07, 6.45) is 3.72. The number of fused-ring (bicyclic) bond motifs is 1. The molecule has 3 rings (SSSR count). The lowest BCUT2D eigenvalue weighted by atomic mass is 9.99. The summed E-state index contributed by atoms with van der Waals surface area (Å²) in [5.74, 6) is -0.0293. The van der Waals surface area contributed by atoms with Crippen LogP contribution >= 0.6 is 11.6 Å². The van der Waals surface area contributed by atoms with Gasteiger partial charge in [0.1, 0.15) is 0 Å². The Morgan fingerprint density at radius 1 is 1.25 bits per heavy atom. The summed E-state index contributed by atoms with van der Waals surface area (Å²) < 4.78 is 0. The Morgan fingerprint density at radius 2 is 2.10 bits per heavy atom. The number of hydrogen-bond acceptors (Lipinski definition) is 3. The Kier molecular flexibility index (Phi) is 3.85. The van der Waals surface area contributed by atoms with Crippen LogP contribution < -0.4 is 5.73 Å². The zero-order chi connectivity index (χ0) is 14.1. The van der Waals surface area contributed by atoms with E-state index in [4.69, 9.17) is 17.3 Å². The van der Waals surface area contributed by atoms with Crippen LogP contribution in [0.25, 0.3) is 0 Å². The summed E-state index contributed by atoms with van der Waals surface area (Å²) in [6.45, 7) is 3.69. The number of rotatable bonds is 1. The van der Waals surface area contributed by atoms with Gasteiger partial charge in [-0.1, -0.05) is 24.1 Å². The molecule has 1 amide bonds. The molecule has 1 unspecified atom stereocenters. The molecule has 1 aromatic rings. The maximum absolute atomic E-state index is 12.7. The van der Waals surface area contributed by atoms with Gasteiger partial charge in [0.2, 0.25) is 0 Å². The maximum Gasteiger partial charge on any atom is 0.257 e. The third kappa shape index (κ3) is 2.50. The number of benzene rings is 1. The van der Waals surface area contributed by atoms with E-state index in [0.717, 1.165) is 19.6 Å². The van der Waals surface area contributed by atoms with Gasteiger partial charge in [-0.3, -0.25) is 9.69 Å². The van der Waals surface area contributed by atoms with E-state index >= 15 is 0 Å². The van der Waals surface area contributed by atoms with Crippen LogP contribution in [0, 0.1) is 0 Å². The van der Waals surface area contributed by atoms with Gasteiger partial charge in [0.15, 0.2) is 0 Å². The number of carbonyl (C=O) groups excluding carboxylic acids is 1. The monoisotopic (exact) mass is 293 g/mol. The van der Waals surface area contributed by atoms with Crippen molar-refractivity contribution in [2.24, 2.45) is 0 Å². The molecule has 2 N–H and O–H groups in total. The van der Waals surface area contributed by atoms with Crippen molar-refractivity contribution in [3.63, 3.8) is 0 Å². The first-order valence-corrected chi connectivity index (χ1v) is 7.62. The van der Waals surface area contributed by atoms with E-state index in [1.165, 1.54) is 25.8 Å². The van der Waals surface area contributed by atoms with E-state index in [9.17, 15) is 4.79 Å². The van der Waals surface area contributed by atoms with Crippen LogP contribution in [0.15, 0.2) is 18.2 Å². The highest BCUT2D eigenvalue weighted by molar-refractivity contribution is 6.34. The highest BCUT2D eigenvalue weighted by Crippen LogP contribution is 2.26. The van der Waals surface area contributed by atoms with Gasteiger partial charge in [0.05, 0.1) is 10.6 Å². The van der Waals surface area contributed by atoms with Crippen LogP contribution in [0.3, 0.4) is 0 Å². The topological polar surface area (TPSA) is 49.6 Å². The minimum atomic E-state index is -0.0293. The minimum Gasteiger partial charge on any atom is -0.398 e. The summed E-state index contributed by atoms with van der Waals surface area (Å²) in [4.78, 5) is 17.1. The van der Waals surface area contributed by atoms with Crippen molar-refractivity contribution >= 4 is 23.2 Å². The van der Waals surface area contributed by atoms with Crippen molar-refractivity contribution in [2.45, 2.75) is 25.3 Å². The molecule has 2 fully saturated rings. The van der Waals surface area contributed by atoms with Crippen LogP contribution in [0.5, 0.6) is 0 Å². The Morgan fingerprint density at radius 3 is 2.90 bits per heavy atom. The lowest BCUT2D eigenvalue weighted by molar-refractivity contribution is 0.0373. The lowest BCUT2D eigenvalue weighted by Gasteiger charge is -2.44. The van der Waals surface area contributed by atoms with Gasteiger partial charge in [-0.15, -0.1) is 0 Å². The third-order valence-electron chi connectivity index (χ3n) is 4.38. The third-order valence-corrected chi connectivity index (χ3v) is 4.70. The number of piperazine rings is 1. The van der Waals surface area contributed by atoms with Crippen molar-refractivity contribution in [3.8, 4) is 0 Å². The van der Waals surface area contributed by atoms with Crippen LogP contribution in [0.4, 0.5) is 5.69 Å². The van der Waals surface area contributed by atoms with E-state index in [0.29, 0.717) is 22.3 Å². The van der Waals surface area contributed by atoms with Crippen molar-refractivity contribution < 1.29 is 4.79 Å². The molecule has 2 aliphatic heterocycles. The molecule has 0 aromatic heterocycles. The molecular weight excluding hydrogens is 274 g/mol. The molecule has 2 aliphatic rings. The van der Waals surface area contributed by atoms with Crippen molar-refractivity contribution in [1.29, 1.82) is 0 Å². The number of amides is 1. The predicted octanol–water partition coefficient (Wildman–Crippen LogP) is 2.23. The second-order valence-corrected chi connectivity index (χ2v) is 6.05. The predicted molar refractivity (Wildman–Crippen MR) is 81.0 cm³/mol. The number of nitrogens with zero attached hydrogens (tertiary/aromatic N) is 2. The highest BCUT2D eigenvalue weighted by atomic mass is 35.5. The first-order valence-electron chi connectivity index (χ1n) is 7.24. The molecule has 0 aliphatic carbocycles. The summed E-state index contributed by atoms with van der Waals surface area (Å²) in [7, 11) is 0. The first kappa shape index (κ1) is 13.7. The van der Waals surface area contributed by atoms with Gasteiger partial charge < -0.3 is 10.6 Å². The van der Waals surface area contributed by atoms with Crippen LogP contribution in [0.1, 0.15) is 29.6 Å². The maximum atomic E-state index is 12.7. The van der Waals surface area contributed by atoms with Gasteiger partial charge >= 0.3 is 0 Å². The van der Waals surface area contributed by atoms with Crippen LogP contribution in [-0.4, -0.2) is 47.9 Å². The van der Waals surface area contributed by atoms with Crippen LogP contribution in [0.2, 0.25) is 5.02 Å². The number of halogens is 1. The quantitative estimate of drug-likeness (QED) is 0.808. The summed E-state index contributed by atoms with van der Waals surface area (Å²) in [5.41, 5.74) is 6.84. The number of anilines is 1. The van der Waals surface area contributed by atoms with Gasteiger partial charge in [0.25, 0.3) is 5.91 Å². The molecular formula is C15H20ClN3O. The average molecular weight is 294 g/mol. The smallest absolute Gasteiger partial charge is 0.257 e. The van der Waals surface area contributed by atoms with Gasteiger partial charge in [-0.25, -0.2) is 0 Å². The molecule has 1 atom stereocenters. The lowest BCUT2D eigenvalue weighted by Crippen LogP contribution is -2.56. The average Bonchev–Trinajstić information content (AvgIpc) is 2.46. The van der Waals surface area contributed by atoms with Crippen molar-refractivity contribution in [3.05, 3.63) is 28.8 Å². The fourth-order valence-electron chi connectivity index (χ4n) is 3.26. The molecule has 0 saturated carbocycles. The normalized spacial score (nSPS) is 23.4. The fourth-order valence-corrected chi connectivity index (χ4v) is 3.53. The number of carbonyl (C=O) groups is 1. The summed E-state index contributed by atoms with van der Waals surface area (Å²) >= 11 is 6.14.